The third-order valence-corrected chi connectivity index (χ3v) is 4.83. The van der Waals surface area contributed by atoms with Crippen molar-refractivity contribution in [3.63, 3.8) is 0 Å². The number of nitrogens with one attached hydrogen (secondary N) is 2. The molecule has 0 aliphatic carbocycles. The predicted octanol–water partition coefficient (Wildman–Crippen LogP) is 3.78. The molecule has 1 aromatic carbocycles. The Hall–Kier alpha value is -2.34. The molecular weight excluding hydrogens is 308 g/mol. The second kappa shape index (κ2) is 6.83. The number of carbonyl (C=O) groups is 1. The Balaban J connectivity index is 1.74. The molecule has 3 aromatic rings. The third kappa shape index (κ3) is 3.53. The lowest BCUT2D eigenvalue weighted by molar-refractivity contribution is -0.115. The largest absolute Gasteiger partial charge is 0.332 e. The molecule has 2 N–H and O–H groups in total. The van der Waals surface area contributed by atoms with Crippen molar-refractivity contribution < 1.29 is 4.79 Å². The monoisotopic (exact) mass is 326 g/mol. The van der Waals surface area contributed by atoms with Gasteiger partial charge in [-0.1, -0.05) is 36.9 Å². The Bertz CT molecular complexity index is 797. The van der Waals surface area contributed by atoms with E-state index in [-0.39, 0.29) is 11.2 Å². The van der Waals surface area contributed by atoms with E-state index in [1.54, 1.807) is 12.4 Å². The summed E-state index contributed by atoms with van der Waals surface area (Å²) < 4.78 is 0. The van der Waals surface area contributed by atoms with Gasteiger partial charge in [0.25, 0.3) is 0 Å². The van der Waals surface area contributed by atoms with E-state index < -0.39 is 0 Å². The van der Waals surface area contributed by atoms with E-state index in [1.165, 1.54) is 11.8 Å². The summed E-state index contributed by atoms with van der Waals surface area (Å²) in [6, 6.07) is 9.63. The minimum atomic E-state index is -0.205. The van der Waals surface area contributed by atoms with Crippen molar-refractivity contribution in [3.8, 4) is 0 Å². The number of hydrogen-bond donors (Lipinski definition) is 2. The molecule has 1 atom stereocenters. The lowest BCUT2D eigenvalue weighted by Gasteiger charge is -2.14. The quantitative estimate of drug-likeness (QED) is 0.700. The molecule has 0 aliphatic rings. The van der Waals surface area contributed by atoms with Crippen molar-refractivity contribution in [1.82, 2.24) is 15.0 Å². The van der Waals surface area contributed by atoms with Crippen LogP contribution in [0.25, 0.3) is 11.0 Å². The molecule has 3 rings (SSSR count). The number of aryl methyl sites for hydroxylation is 1. The molecule has 0 fully saturated rings. The average molecular weight is 326 g/mol. The summed E-state index contributed by atoms with van der Waals surface area (Å²) in [4.78, 5) is 24.3. The number of para-hydroxylation sites is 1. The minimum Gasteiger partial charge on any atom is -0.332 e. The van der Waals surface area contributed by atoms with Crippen molar-refractivity contribution in [2.45, 2.75) is 30.7 Å². The summed E-state index contributed by atoms with van der Waals surface area (Å²) in [5, 5.41) is 3.53. The molecule has 0 radical (unpaired) electrons. The van der Waals surface area contributed by atoms with Crippen molar-refractivity contribution >= 4 is 34.4 Å². The zero-order valence-electron chi connectivity index (χ0n) is 13.0. The van der Waals surface area contributed by atoms with Crippen LogP contribution in [-0.2, 0) is 4.79 Å². The molecule has 23 heavy (non-hydrogen) atoms. The van der Waals surface area contributed by atoms with E-state index in [1.807, 2.05) is 44.2 Å². The summed E-state index contributed by atoms with van der Waals surface area (Å²) in [7, 11) is 0. The van der Waals surface area contributed by atoms with E-state index in [4.69, 9.17) is 0 Å². The van der Waals surface area contributed by atoms with Gasteiger partial charge in [-0.15, -0.1) is 0 Å². The molecule has 0 saturated carbocycles. The average Bonchev–Trinajstić information content (AvgIpc) is 2.97. The van der Waals surface area contributed by atoms with Crippen molar-refractivity contribution in [3.05, 3.63) is 48.3 Å². The molecule has 0 bridgehead atoms. The number of imidazole rings is 1. The number of aromatic nitrogens is 3. The van der Waals surface area contributed by atoms with Gasteiger partial charge in [0.2, 0.25) is 5.91 Å². The molecule has 0 aliphatic heterocycles. The number of amides is 1. The third-order valence-electron chi connectivity index (χ3n) is 3.58. The molecule has 6 heteroatoms. The van der Waals surface area contributed by atoms with Gasteiger partial charge < -0.3 is 10.3 Å². The van der Waals surface area contributed by atoms with Crippen LogP contribution in [0.2, 0.25) is 0 Å². The number of fused-ring (bicyclic) bond motifs is 1. The summed E-state index contributed by atoms with van der Waals surface area (Å²) >= 11 is 1.44. The van der Waals surface area contributed by atoms with Gasteiger partial charge in [-0.05, 0) is 31.0 Å². The molecule has 118 valence electrons. The Morgan fingerprint density at radius 3 is 2.91 bits per heavy atom. The fraction of sp³-hybridized carbons (Fsp3) is 0.235. The molecule has 0 spiro atoms. The number of rotatable bonds is 5. The number of hydrogen-bond acceptors (Lipinski definition) is 4. The zero-order chi connectivity index (χ0) is 16.2. The van der Waals surface area contributed by atoms with Crippen LogP contribution in [0.15, 0.2) is 47.9 Å². The maximum absolute atomic E-state index is 12.5. The SMILES string of the molecule is CC[C@@H](Sc1nc2ccncc2[nH]1)C(=O)Nc1ccccc1C. The van der Waals surface area contributed by atoms with Gasteiger partial charge in [-0.3, -0.25) is 9.78 Å². The summed E-state index contributed by atoms with van der Waals surface area (Å²) in [5.74, 6) is -0.00891. The molecule has 2 aromatic heterocycles. The van der Waals surface area contributed by atoms with Crippen LogP contribution >= 0.6 is 11.8 Å². The molecule has 2 heterocycles. The Kier molecular flexibility index (Phi) is 4.62. The molecule has 5 nitrogen and oxygen atoms in total. The van der Waals surface area contributed by atoms with Gasteiger partial charge in [0, 0.05) is 11.9 Å². The number of nitrogens with zero attached hydrogens (tertiary/aromatic N) is 2. The Morgan fingerprint density at radius 2 is 2.17 bits per heavy atom. The maximum Gasteiger partial charge on any atom is 0.237 e. The second-order valence-corrected chi connectivity index (χ2v) is 6.45. The number of anilines is 1. The highest BCUT2D eigenvalue weighted by molar-refractivity contribution is 8.00. The lowest BCUT2D eigenvalue weighted by Crippen LogP contribution is -2.25. The minimum absolute atomic E-state index is 0.00891. The summed E-state index contributed by atoms with van der Waals surface area (Å²) in [6.45, 7) is 3.98. The fourth-order valence-electron chi connectivity index (χ4n) is 2.27. The van der Waals surface area contributed by atoms with E-state index in [2.05, 4.69) is 20.3 Å². The predicted molar refractivity (Wildman–Crippen MR) is 93.6 cm³/mol. The normalized spacial score (nSPS) is 12.3. The first-order valence-corrected chi connectivity index (χ1v) is 8.38. The highest BCUT2D eigenvalue weighted by Gasteiger charge is 2.20. The van der Waals surface area contributed by atoms with Crippen molar-refractivity contribution in [2.75, 3.05) is 5.32 Å². The molecular formula is C17H18N4OS. The molecule has 1 amide bonds. The highest BCUT2D eigenvalue weighted by atomic mass is 32.2. The number of H-pyrrole nitrogens is 1. The molecule has 0 unspecified atom stereocenters. The van der Waals surface area contributed by atoms with Crippen LogP contribution in [0.5, 0.6) is 0 Å². The van der Waals surface area contributed by atoms with Crippen LogP contribution in [0.3, 0.4) is 0 Å². The van der Waals surface area contributed by atoms with Crippen molar-refractivity contribution in [2.24, 2.45) is 0 Å². The standard InChI is InChI=1S/C17H18N4OS/c1-3-15(16(22)19-12-7-5-4-6-11(12)2)23-17-20-13-8-9-18-10-14(13)21-17/h4-10,15H,3H2,1-2H3,(H,19,22)(H,20,21)/t15-/m1/s1. The van der Waals surface area contributed by atoms with Crippen molar-refractivity contribution in [1.29, 1.82) is 0 Å². The number of aromatic amines is 1. The van der Waals surface area contributed by atoms with E-state index in [0.717, 1.165) is 33.9 Å². The lowest BCUT2D eigenvalue weighted by atomic mass is 10.2. The van der Waals surface area contributed by atoms with Crippen LogP contribution in [0.4, 0.5) is 5.69 Å². The van der Waals surface area contributed by atoms with Gasteiger partial charge in [0.1, 0.15) is 0 Å². The van der Waals surface area contributed by atoms with E-state index >= 15 is 0 Å². The summed E-state index contributed by atoms with van der Waals surface area (Å²) in [6.07, 6.45) is 4.16. The van der Waals surface area contributed by atoms with Crippen LogP contribution in [0.1, 0.15) is 18.9 Å². The topological polar surface area (TPSA) is 70.7 Å². The van der Waals surface area contributed by atoms with Crippen LogP contribution < -0.4 is 5.32 Å². The van der Waals surface area contributed by atoms with Crippen LogP contribution in [-0.4, -0.2) is 26.1 Å². The van der Waals surface area contributed by atoms with E-state index in [0.29, 0.717) is 0 Å². The number of carbonyl (C=O) groups excluding carboxylic acids is 1. The first-order valence-electron chi connectivity index (χ1n) is 7.50. The maximum atomic E-state index is 12.5. The number of benzene rings is 1. The fourth-order valence-corrected chi connectivity index (χ4v) is 3.19. The van der Waals surface area contributed by atoms with Gasteiger partial charge >= 0.3 is 0 Å². The van der Waals surface area contributed by atoms with E-state index in [9.17, 15) is 4.79 Å². The number of pyridine rings is 1. The Morgan fingerprint density at radius 1 is 1.35 bits per heavy atom. The summed E-state index contributed by atoms with van der Waals surface area (Å²) in [5.41, 5.74) is 3.64. The number of thioether (sulfide) groups is 1. The van der Waals surface area contributed by atoms with Gasteiger partial charge in [-0.25, -0.2) is 4.98 Å². The van der Waals surface area contributed by atoms with Gasteiger partial charge in [0.15, 0.2) is 5.16 Å². The smallest absolute Gasteiger partial charge is 0.237 e. The van der Waals surface area contributed by atoms with Gasteiger partial charge in [0.05, 0.1) is 22.5 Å². The Labute approximate surface area is 138 Å². The first-order chi connectivity index (χ1) is 11.2. The zero-order valence-corrected chi connectivity index (χ0v) is 13.9. The first kappa shape index (κ1) is 15.6. The van der Waals surface area contributed by atoms with Crippen LogP contribution in [0, 0.1) is 6.92 Å². The van der Waals surface area contributed by atoms with Gasteiger partial charge in [-0.2, -0.15) is 0 Å². The second-order valence-electron chi connectivity index (χ2n) is 5.25. The highest BCUT2D eigenvalue weighted by Crippen LogP contribution is 2.26. The molecule has 0 saturated heterocycles.